The van der Waals surface area contributed by atoms with Gasteiger partial charge in [0.2, 0.25) is 5.91 Å². The van der Waals surface area contributed by atoms with E-state index in [9.17, 15) is 4.79 Å². The van der Waals surface area contributed by atoms with Crippen LogP contribution >= 0.6 is 0 Å². The van der Waals surface area contributed by atoms with E-state index in [2.05, 4.69) is 38.5 Å². The van der Waals surface area contributed by atoms with Gasteiger partial charge in [0.15, 0.2) is 11.5 Å². The van der Waals surface area contributed by atoms with Gasteiger partial charge in [0.05, 0.1) is 35.2 Å². The van der Waals surface area contributed by atoms with Crippen LogP contribution in [0.15, 0.2) is 25.0 Å². The summed E-state index contributed by atoms with van der Waals surface area (Å²) in [6, 6.07) is 0.779. The fraction of sp³-hybridized carbons (Fsp3) is 0.346. The molecule has 38 heavy (non-hydrogen) atoms. The lowest BCUT2D eigenvalue weighted by Crippen LogP contribution is -2.37. The van der Waals surface area contributed by atoms with Gasteiger partial charge in [0.1, 0.15) is 35.0 Å². The number of nitrogen functional groups attached to an aromatic ring is 1. The van der Waals surface area contributed by atoms with Gasteiger partial charge in [0, 0.05) is 26.3 Å². The zero-order chi connectivity index (χ0) is 27.1. The third kappa shape index (κ3) is 4.05. The first-order valence-corrected chi connectivity index (χ1v) is 12.1. The highest BCUT2D eigenvalue weighted by Gasteiger charge is 2.37. The number of anilines is 1. The van der Waals surface area contributed by atoms with Crippen molar-refractivity contribution < 1.29 is 18.3 Å². The van der Waals surface area contributed by atoms with Gasteiger partial charge in [-0.05, 0) is 32.3 Å². The number of aryl methyl sites for hydroxylation is 2. The first kappa shape index (κ1) is 25.3. The van der Waals surface area contributed by atoms with Crippen LogP contribution in [0.3, 0.4) is 0 Å². The molecule has 0 spiro atoms. The maximum absolute atomic E-state index is 15.3. The predicted molar refractivity (Wildman–Crippen MR) is 137 cm³/mol. The number of hydrogen-bond acceptors (Lipinski definition) is 7. The third-order valence-electron chi connectivity index (χ3n) is 6.82. The monoisotopic (exact) mass is 520 g/mol. The number of rotatable bonds is 5. The number of methoxy groups -OCH3 is 1. The number of carbonyl (C=O) groups is 1. The Morgan fingerprint density at radius 1 is 1.34 bits per heavy atom. The molecule has 196 valence electrons. The van der Waals surface area contributed by atoms with Gasteiger partial charge in [-0.1, -0.05) is 12.5 Å². The fourth-order valence-electron chi connectivity index (χ4n) is 5.08. The molecule has 1 unspecified atom stereocenters. The lowest BCUT2D eigenvalue weighted by molar-refractivity contribution is -0.127. The number of halogens is 2. The number of nitrogens with zero attached hydrogens (tertiary/aromatic N) is 7. The van der Waals surface area contributed by atoms with Crippen LogP contribution in [0.25, 0.3) is 22.1 Å². The van der Waals surface area contributed by atoms with Gasteiger partial charge >= 0.3 is 0 Å². The summed E-state index contributed by atoms with van der Waals surface area (Å²) in [6.45, 7) is 8.40. The lowest BCUT2D eigenvalue weighted by Gasteiger charge is -2.22. The summed E-state index contributed by atoms with van der Waals surface area (Å²) in [4.78, 5) is 26.8. The number of benzene rings is 1. The molecule has 10 nitrogen and oxygen atoms in total. The largest absolute Gasteiger partial charge is 0.383 e. The highest BCUT2D eigenvalue weighted by atomic mass is 19.1. The van der Waals surface area contributed by atoms with Crippen LogP contribution in [0.2, 0.25) is 0 Å². The van der Waals surface area contributed by atoms with Gasteiger partial charge in [0.25, 0.3) is 0 Å². The van der Waals surface area contributed by atoms with E-state index in [0.717, 1.165) is 0 Å². The van der Waals surface area contributed by atoms with Crippen molar-refractivity contribution in [1.29, 1.82) is 0 Å². The number of aromatic nitrogens is 6. The van der Waals surface area contributed by atoms with Gasteiger partial charge in [-0.2, -0.15) is 5.10 Å². The molecule has 0 saturated carbocycles. The number of amides is 1. The van der Waals surface area contributed by atoms with E-state index in [0.29, 0.717) is 48.5 Å². The van der Waals surface area contributed by atoms with Crippen LogP contribution in [0.5, 0.6) is 0 Å². The molecule has 2 atom stereocenters. The summed E-state index contributed by atoms with van der Waals surface area (Å²) in [7, 11) is 1.57. The Balaban J connectivity index is 1.60. The smallest absolute Gasteiger partial charge is 0.246 e. The van der Waals surface area contributed by atoms with E-state index >= 15 is 8.78 Å². The summed E-state index contributed by atoms with van der Waals surface area (Å²) in [5.74, 6) is 4.21. The van der Waals surface area contributed by atoms with Crippen LogP contribution in [-0.4, -0.2) is 66.4 Å². The highest BCUT2D eigenvalue weighted by molar-refractivity contribution is 5.91. The minimum atomic E-state index is -0.840. The average Bonchev–Trinajstić information content (AvgIpc) is 3.57. The second kappa shape index (κ2) is 9.83. The minimum Gasteiger partial charge on any atom is -0.383 e. The Kier molecular flexibility index (Phi) is 6.54. The highest BCUT2D eigenvalue weighted by Crippen LogP contribution is 2.32. The molecule has 2 N–H and O–H groups in total. The number of imidazole rings is 1. The Hall–Kier alpha value is -4.37. The molecule has 0 aliphatic carbocycles. The third-order valence-corrected chi connectivity index (χ3v) is 6.82. The molecule has 5 rings (SSSR count). The first-order valence-electron chi connectivity index (χ1n) is 12.1. The number of fused-ring (bicyclic) bond motifs is 2. The zero-order valence-corrected chi connectivity index (χ0v) is 21.2. The van der Waals surface area contributed by atoms with E-state index in [1.165, 1.54) is 18.5 Å². The average molecular weight is 521 g/mol. The van der Waals surface area contributed by atoms with Crippen molar-refractivity contribution in [2.75, 3.05) is 26.0 Å². The molecule has 1 aliphatic rings. The van der Waals surface area contributed by atoms with Gasteiger partial charge in [-0.15, -0.1) is 0 Å². The summed E-state index contributed by atoms with van der Waals surface area (Å²) >= 11 is 0. The molecule has 1 aromatic carbocycles. The SMILES string of the molecule is C=CC(=O)N1CC(n2nc(C#Cc3c(F)cc4c(nc(C)n4CC)c3F)c3c(N)ncnc32)C[C@@H]1COC. The summed E-state index contributed by atoms with van der Waals surface area (Å²) < 4.78 is 39.0. The maximum atomic E-state index is 15.3. The molecular weight excluding hydrogens is 494 g/mol. The molecule has 4 heterocycles. The van der Waals surface area contributed by atoms with Crippen LogP contribution in [0.4, 0.5) is 14.6 Å². The molecule has 12 heteroatoms. The van der Waals surface area contributed by atoms with Gasteiger partial charge in [-0.3, -0.25) is 4.79 Å². The minimum absolute atomic E-state index is 0.0513. The number of ether oxygens (including phenoxy) is 1. The molecule has 3 aromatic heterocycles. The molecule has 0 bridgehead atoms. The molecule has 1 fully saturated rings. The first-order chi connectivity index (χ1) is 18.3. The normalized spacial score (nSPS) is 17.2. The number of nitrogens with two attached hydrogens (primary N) is 1. The van der Waals surface area contributed by atoms with E-state index in [4.69, 9.17) is 10.5 Å². The topological polar surface area (TPSA) is 117 Å². The Bertz CT molecular complexity index is 1650. The number of carbonyl (C=O) groups excluding carboxylic acids is 1. The van der Waals surface area contributed by atoms with Crippen LogP contribution in [-0.2, 0) is 16.1 Å². The standard InChI is InChI=1S/C26H26F2N8O2/c1-5-21(37)35-11-15(9-16(35)12-38-4)36-26-22(25(29)30-13-31-26)19(33-36)8-7-17-18(27)10-20-24(23(17)28)32-14(3)34(20)6-2/h5,10,13,15-16H,1,6,9,11-12H2,2-4H3,(H2,29,30,31)/t15?,16-/m1/s1. The van der Waals surface area contributed by atoms with E-state index in [-0.39, 0.29) is 35.0 Å². The van der Waals surface area contributed by atoms with Crippen molar-refractivity contribution in [3.05, 3.63) is 53.8 Å². The number of likely N-dealkylation sites (tertiary alicyclic amines) is 1. The van der Waals surface area contributed by atoms with Crippen molar-refractivity contribution in [3.63, 3.8) is 0 Å². The van der Waals surface area contributed by atoms with Crippen molar-refractivity contribution in [2.45, 2.75) is 38.9 Å². The van der Waals surface area contributed by atoms with Gasteiger partial charge < -0.3 is 19.9 Å². The molecule has 4 aromatic rings. The Labute approximate surface area is 217 Å². The second-order valence-corrected chi connectivity index (χ2v) is 9.01. The summed E-state index contributed by atoms with van der Waals surface area (Å²) in [6.07, 6.45) is 3.11. The molecular formula is C26H26F2N8O2. The maximum Gasteiger partial charge on any atom is 0.246 e. The summed E-state index contributed by atoms with van der Waals surface area (Å²) in [5, 5.41) is 4.97. The van der Waals surface area contributed by atoms with E-state index < -0.39 is 17.2 Å². The molecule has 1 saturated heterocycles. The van der Waals surface area contributed by atoms with Crippen LogP contribution in [0, 0.1) is 30.4 Å². The summed E-state index contributed by atoms with van der Waals surface area (Å²) in [5.41, 5.74) is 6.72. The van der Waals surface area contributed by atoms with Crippen molar-refractivity contribution in [3.8, 4) is 11.8 Å². The second-order valence-electron chi connectivity index (χ2n) is 9.01. The fourth-order valence-corrected chi connectivity index (χ4v) is 5.08. The molecule has 1 aliphatic heterocycles. The van der Waals surface area contributed by atoms with E-state index in [1.807, 2.05) is 6.92 Å². The van der Waals surface area contributed by atoms with Crippen molar-refractivity contribution in [1.82, 2.24) is 34.2 Å². The van der Waals surface area contributed by atoms with Crippen molar-refractivity contribution in [2.24, 2.45) is 0 Å². The predicted octanol–water partition coefficient (Wildman–Crippen LogP) is 2.74. The molecule has 0 radical (unpaired) electrons. The van der Waals surface area contributed by atoms with E-state index in [1.54, 1.807) is 28.2 Å². The molecule has 1 amide bonds. The quantitative estimate of drug-likeness (QED) is 0.318. The van der Waals surface area contributed by atoms with Gasteiger partial charge in [-0.25, -0.2) is 28.4 Å². The Morgan fingerprint density at radius 3 is 2.84 bits per heavy atom. The lowest BCUT2D eigenvalue weighted by atomic mass is 10.1. The zero-order valence-electron chi connectivity index (χ0n) is 21.2. The van der Waals surface area contributed by atoms with Crippen LogP contribution < -0.4 is 5.73 Å². The number of hydrogen-bond donors (Lipinski definition) is 1. The van der Waals surface area contributed by atoms with Crippen LogP contribution in [0.1, 0.15) is 36.5 Å². The Morgan fingerprint density at radius 2 is 2.13 bits per heavy atom. The van der Waals surface area contributed by atoms with Crippen molar-refractivity contribution >= 4 is 33.8 Å².